The summed E-state index contributed by atoms with van der Waals surface area (Å²) in [5.74, 6) is -0.0307. The van der Waals surface area contributed by atoms with Crippen LogP contribution in [0.3, 0.4) is 0 Å². The van der Waals surface area contributed by atoms with Crippen LogP contribution in [0.25, 0.3) is 0 Å². The van der Waals surface area contributed by atoms with Crippen LogP contribution in [-0.4, -0.2) is 105 Å². The number of rotatable bonds is 6. The Bertz CT molecular complexity index is 831. The van der Waals surface area contributed by atoms with E-state index >= 15 is 0 Å². The third-order valence-electron chi connectivity index (χ3n) is 6.19. The van der Waals surface area contributed by atoms with Crippen LogP contribution in [0.1, 0.15) is 23.2 Å². The number of ether oxygens (including phenoxy) is 1. The molecule has 2 saturated heterocycles. The smallest absolute Gasteiger partial charge is 0.265 e. The van der Waals surface area contributed by atoms with Gasteiger partial charge in [0.05, 0.1) is 5.69 Å². The lowest BCUT2D eigenvalue weighted by atomic mass is 10.1. The van der Waals surface area contributed by atoms with Gasteiger partial charge in [0, 0.05) is 57.9 Å². The second-order valence-electron chi connectivity index (χ2n) is 8.45. The van der Waals surface area contributed by atoms with E-state index in [9.17, 15) is 14.4 Å². The number of hydrogen-bond acceptors (Lipinski definition) is 6. The fraction of sp³-hybridized carbons (Fsp3) is 0.591. The Kier molecular flexibility index (Phi) is 6.72. The molecule has 0 aliphatic carbocycles. The zero-order chi connectivity index (χ0) is 21.8. The third-order valence-corrected chi connectivity index (χ3v) is 6.19. The number of amides is 3. The van der Waals surface area contributed by atoms with Crippen LogP contribution < -0.4 is 15.0 Å². The number of benzene rings is 1. The summed E-state index contributed by atoms with van der Waals surface area (Å²) in [5.41, 5.74) is 0.995. The molecule has 1 aromatic rings. The topological polar surface area (TPSA) is 85.4 Å². The van der Waals surface area contributed by atoms with Gasteiger partial charge in [0.2, 0.25) is 5.91 Å². The van der Waals surface area contributed by atoms with E-state index in [4.69, 9.17) is 4.74 Å². The van der Waals surface area contributed by atoms with Crippen molar-refractivity contribution in [1.29, 1.82) is 0 Å². The van der Waals surface area contributed by atoms with Crippen molar-refractivity contribution < 1.29 is 19.1 Å². The number of nitrogens with one attached hydrogen (secondary N) is 1. The molecule has 0 bridgehead atoms. The lowest BCUT2D eigenvalue weighted by Gasteiger charge is -2.32. The molecule has 168 valence electrons. The van der Waals surface area contributed by atoms with E-state index in [0.717, 1.165) is 58.7 Å². The van der Waals surface area contributed by atoms with Crippen LogP contribution in [0.5, 0.6) is 5.75 Å². The monoisotopic (exact) mass is 429 g/mol. The van der Waals surface area contributed by atoms with Gasteiger partial charge in [-0.2, -0.15) is 0 Å². The Morgan fingerprint density at radius 1 is 1.06 bits per heavy atom. The second-order valence-corrected chi connectivity index (χ2v) is 8.45. The molecule has 1 N–H and O–H groups in total. The highest BCUT2D eigenvalue weighted by Gasteiger charge is 2.29. The molecule has 0 aromatic heterocycles. The zero-order valence-corrected chi connectivity index (χ0v) is 18.1. The van der Waals surface area contributed by atoms with Crippen LogP contribution in [0.4, 0.5) is 5.69 Å². The second kappa shape index (κ2) is 9.65. The summed E-state index contributed by atoms with van der Waals surface area (Å²) in [7, 11) is 2.11. The quantitative estimate of drug-likeness (QED) is 0.686. The largest absolute Gasteiger partial charge is 0.482 e. The average Bonchev–Trinajstić information content (AvgIpc) is 3.31. The van der Waals surface area contributed by atoms with Gasteiger partial charge in [-0.1, -0.05) is 0 Å². The van der Waals surface area contributed by atoms with Crippen LogP contribution in [0, 0.1) is 0 Å². The molecule has 1 aromatic carbocycles. The number of piperazine rings is 1. The van der Waals surface area contributed by atoms with Gasteiger partial charge >= 0.3 is 0 Å². The minimum Gasteiger partial charge on any atom is -0.482 e. The van der Waals surface area contributed by atoms with Crippen molar-refractivity contribution in [2.24, 2.45) is 0 Å². The lowest BCUT2D eigenvalue weighted by Crippen LogP contribution is -2.49. The number of carbonyl (C=O) groups is 3. The number of likely N-dealkylation sites (tertiary alicyclic amines) is 1. The first-order valence-corrected chi connectivity index (χ1v) is 11.1. The molecule has 0 atom stereocenters. The fourth-order valence-corrected chi connectivity index (χ4v) is 4.24. The van der Waals surface area contributed by atoms with Gasteiger partial charge in [0.25, 0.3) is 11.8 Å². The first kappa shape index (κ1) is 21.6. The minimum atomic E-state index is -0.285. The normalized spacial score (nSPS) is 19.8. The predicted molar refractivity (Wildman–Crippen MR) is 116 cm³/mol. The van der Waals surface area contributed by atoms with E-state index in [-0.39, 0.29) is 30.9 Å². The third kappa shape index (κ3) is 5.16. The first-order valence-electron chi connectivity index (χ1n) is 11.1. The van der Waals surface area contributed by atoms with Gasteiger partial charge in [-0.15, -0.1) is 0 Å². The number of hydrogen-bond donors (Lipinski definition) is 1. The Balaban J connectivity index is 1.37. The molecule has 0 saturated carbocycles. The molecule has 9 heteroatoms. The molecule has 3 aliphatic rings. The molecule has 0 radical (unpaired) electrons. The van der Waals surface area contributed by atoms with E-state index in [2.05, 4.69) is 22.2 Å². The number of carbonyl (C=O) groups excluding carboxylic acids is 3. The Hall–Kier alpha value is -2.65. The van der Waals surface area contributed by atoms with Crippen molar-refractivity contribution in [3.8, 4) is 5.75 Å². The molecule has 3 amide bonds. The summed E-state index contributed by atoms with van der Waals surface area (Å²) in [6.45, 7) is 6.71. The Morgan fingerprint density at radius 2 is 1.81 bits per heavy atom. The van der Waals surface area contributed by atoms with Gasteiger partial charge in [0.15, 0.2) is 6.61 Å². The van der Waals surface area contributed by atoms with Crippen LogP contribution in [0.15, 0.2) is 18.2 Å². The number of anilines is 1. The van der Waals surface area contributed by atoms with Crippen molar-refractivity contribution in [3.63, 3.8) is 0 Å². The predicted octanol–water partition coefficient (Wildman–Crippen LogP) is 0.0116. The van der Waals surface area contributed by atoms with Gasteiger partial charge in [-0.05, 0) is 38.1 Å². The van der Waals surface area contributed by atoms with Crippen molar-refractivity contribution in [3.05, 3.63) is 23.8 Å². The Labute approximate surface area is 182 Å². The first-order chi connectivity index (χ1) is 15.0. The molecule has 31 heavy (non-hydrogen) atoms. The van der Waals surface area contributed by atoms with Gasteiger partial charge in [-0.3, -0.25) is 24.2 Å². The van der Waals surface area contributed by atoms with E-state index < -0.39 is 0 Å². The highest BCUT2D eigenvalue weighted by molar-refractivity contribution is 6.04. The average molecular weight is 430 g/mol. The van der Waals surface area contributed by atoms with Crippen molar-refractivity contribution >= 4 is 23.4 Å². The molecule has 2 fully saturated rings. The summed E-state index contributed by atoms with van der Waals surface area (Å²) in [5, 5.41) is 2.92. The molecule has 3 aliphatic heterocycles. The zero-order valence-electron chi connectivity index (χ0n) is 18.1. The van der Waals surface area contributed by atoms with Gasteiger partial charge in [-0.25, -0.2) is 0 Å². The van der Waals surface area contributed by atoms with Crippen molar-refractivity contribution in [1.82, 2.24) is 20.0 Å². The van der Waals surface area contributed by atoms with E-state index in [1.807, 2.05) is 4.90 Å². The van der Waals surface area contributed by atoms with E-state index in [1.165, 1.54) is 4.90 Å². The highest BCUT2D eigenvalue weighted by atomic mass is 16.5. The maximum atomic E-state index is 12.7. The van der Waals surface area contributed by atoms with Crippen molar-refractivity contribution in [2.45, 2.75) is 12.8 Å². The number of likely N-dealkylation sites (N-methyl/N-ethyl adjacent to an activating group) is 1. The standard InChI is InChI=1S/C22H31N5O4/c1-24-10-12-25(13-11-24)9-6-23-20(28)15-27-18-14-17(22(30)26-7-2-3-8-26)4-5-19(18)31-16-21(27)29/h4-5,14H,2-3,6-13,15-16H2,1H3,(H,23,28). The van der Waals surface area contributed by atoms with Crippen LogP contribution >= 0.6 is 0 Å². The maximum absolute atomic E-state index is 12.7. The lowest BCUT2D eigenvalue weighted by molar-refractivity contribution is -0.125. The van der Waals surface area contributed by atoms with Crippen LogP contribution in [0.2, 0.25) is 0 Å². The number of nitrogens with zero attached hydrogens (tertiary/aromatic N) is 4. The molecule has 4 rings (SSSR count). The SMILES string of the molecule is CN1CCN(CCNC(=O)CN2C(=O)COc3ccc(C(=O)N4CCCC4)cc32)CC1. The minimum absolute atomic E-state index is 0.0464. The maximum Gasteiger partial charge on any atom is 0.265 e. The van der Waals surface area contributed by atoms with Gasteiger partial charge in [0.1, 0.15) is 12.3 Å². The van der Waals surface area contributed by atoms with Gasteiger partial charge < -0.3 is 19.9 Å². The molecule has 0 spiro atoms. The molecule has 9 nitrogen and oxygen atoms in total. The molecular weight excluding hydrogens is 398 g/mol. The summed E-state index contributed by atoms with van der Waals surface area (Å²) >= 11 is 0. The van der Waals surface area contributed by atoms with Crippen LogP contribution in [-0.2, 0) is 9.59 Å². The summed E-state index contributed by atoms with van der Waals surface area (Å²) in [6.07, 6.45) is 2.03. The van der Waals surface area contributed by atoms with E-state index in [0.29, 0.717) is 23.5 Å². The summed E-state index contributed by atoms with van der Waals surface area (Å²) in [4.78, 5) is 45.6. The van der Waals surface area contributed by atoms with Crippen molar-refractivity contribution in [2.75, 3.05) is 77.5 Å². The number of fused-ring (bicyclic) bond motifs is 1. The van der Waals surface area contributed by atoms with E-state index in [1.54, 1.807) is 18.2 Å². The Morgan fingerprint density at radius 3 is 2.55 bits per heavy atom. The highest BCUT2D eigenvalue weighted by Crippen LogP contribution is 2.33. The fourth-order valence-electron chi connectivity index (χ4n) is 4.24. The summed E-state index contributed by atoms with van der Waals surface area (Å²) in [6, 6.07) is 5.11. The molecular formula is C22H31N5O4. The molecule has 3 heterocycles. The summed E-state index contributed by atoms with van der Waals surface area (Å²) < 4.78 is 5.52. The molecule has 0 unspecified atom stereocenters.